The van der Waals surface area contributed by atoms with E-state index in [0.717, 1.165) is 11.4 Å². The first kappa shape index (κ1) is 13.7. The standard InChI is InChI=1S/C19H22N2/c1-13-12-19(3,4)21-17-11-10-16(14(2)18(13)17)20-15-8-6-5-7-9-15/h5-12,20-21H,1-4H3. The minimum absolute atomic E-state index is 0.0118. The molecule has 1 aliphatic heterocycles. The Hall–Kier alpha value is -2.22. The van der Waals surface area contributed by atoms with E-state index in [4.69, 9.17) is 0 Å². The molecule has 0 saturated carbocycles. The molecule has 3 rings (SSSR count). The van der Waals surface area contributed by atoms with Gasteiger partial charge in [-0.3, -0.25) is 0 Å². The van der Waals surface area contributed by atoms with E-state index in [-0.39, 0.29) is 5.54 Å². The number of hydrogen-bond donors (Lipinski definition) is 2. The lowest BCUT2D eigenvalue weighted by atomic mass is 9.88. The van der Waals surface area contributed by atoms with Crippen LogP contribution in [0.1, 0.15) is 31.9 Å². The average Bonchev–Trinajstić information content (AvgIpc) is 2.41. The van der Waals surface area contributed by atoms with E-state index >= 15 is 0 Å². The Morgan fingerprint density at radius 1 is 0.952 bits per heavy atom. The largest absolute Gasteiger partial charge is 0.376 e. The van der Waals surface area contributed by atoms with Crippen LogP contribution in [0, 0.1) is 6.92 Å². The Labute approximate surface area is 126 Å². The minimum atomic E-state index is 0.0118. The van der Waals surface area contributed by atoms with Crippen LogP contribution >= 0.6 is 0 Å². The fraction of sp³-hybridized carbons (Fsp3) is 0.263. The molecule has 0 atom stereocenters. The number of benzene rings is 2. The molecule has 2 aromatic carbocycles. The third-order valence-electron chi connectivity index (χ3n) is 3.95. The van der Waals surface area contributed by atoms with Gasteiger partial charge in [-0.25, -0.2) is 0 Å². The second kappa shape index (κ2) is 4.96. The molecular weight excluding hydrogens is 256 g/mol. The van der Waals surface area contributed by atoms with Crippen LogP contribution in [0.2, 0.25) is 0 Å². The number of para-hydroxylation sites is 1. The maximum Gasteiger partial charge on any atom is 0.0505 e. The van der Waals surface area contributed by atoms with Gasteiger partial charge in [-0.2, -0.15) is 0 Å². The van der Waals surface area contributed by atoms with E-state index in [9.17, 15) is 0 Å². The first-order chi connectivity index (χ1) is 9.96. The average molecular weight is 278 g/mol. The molecule has 1 heterocycles. The fourth-order valence-corrected chi connectivity index (χ4v) is 3.13. The van der Waals surface area contributed by atoms with Crippen molar-refractivity contribution in [3.8, 4) is 0 Å². The predicted molar refractivity (Wildman–Crippen MR) is 92.3 cm³/mol. The van der Waals surface area contributed by atoms with Crippen LogP contribution in [0.3, 0.4) is 0 Å². The van der Waals surface area contributed by atoms with Gasteiger partial charge in [0.1, 0.15) is 0 Å². The van der Waals surface area contributed by atoms with Crippen LogP contribution in [-0.4, -0.2) is 5.54 Å². The Morgan fingerprint density at radius 2 is 1.67 bits per heavy atom. The van der Waals surface area contributed by atoms with E-state index in [0.29, 0.717) is 0 Å². The summed E-state index contributed by atoms with van der Waals surface area (Å²) in [4.78, 5) is 0. The van der Waals surface area contributed by atoms with Crippen molar-refractivity contribution in [3.05, 3.63) is 59.7 Å². The van der Waals surface area contributed by atoms with Crippen molar-refractivity contribution < 1.29 is 0 Å². The topological polar surface area (TPSA) is 24.1 Å². The summed E-state index contributed by atoms with van der Waals surface area (Å²) in [6, 6.07) is 14.6. The maximum atomic E-state index is 3.59. The summed E-state index contributed by atoms with van der Waals surface area (Å²) in [5.74, 6) is 0. The van der Waals surface area contributed by atoms with Crippen molar-refractivity contribution in [3.63, 3.8) is 0 Å². The Kier molecular flexibility index (Phi) is 3.25. The number of hydrogen-bond acceptors (Lipinski definition) is 2. The maximum absolute atomic E-state index is 3.59. The molecule has 2 aromatic rings. The lowest BCUT2D eigenvalue weighted by Gasteiger charge is -2.33. The second-order valence-electron chi connectivity index (χ2n) is 6.33. The molecule has 0 aliphatic carbocycles. The molecule has 2 nitrogen and oxygen atoms in total. The molecule has 0 amide bonds. The molecule has 0 fully saturated rings. The highest BCUT2D eigenvalue weighted by molar-refractivity contribution is 5.86. The quantitative estimate of drug-likeness (QED) is 0.774. The van der Waals surface area contributed by atoms with E-state index in [1.165, 1.54) is 22.4 Å². The molecule has 21 heavy (non-hydrogen) atoms. The van der Waals surface area contributed by atoms with Crippen molar-refractivity contribution >= 4 is 22.6 Å². The number of rotatable bonds is 2. The van der Waals surface area contributed by atoms with Crippen molar-refractivity contribution in [2.75, 3.05) is 10.6 Å². The highest BCUT2D eigenvalue weighted by Gasteiger charge is 2.24. The molecule has 0 saturated heterocycles. The van der Waals surface area contributed by atoms with E-state index in [1.807, 2.05) is 18.2 Å². The number of anilines is 3. The van der Waals surface area contributed by atoms with Gasteiger partial charge < -0.3 is 10.6 Å². The zero-order chi connectivity index (χ0) is 15.0. The summed E-state index contributed by atoms with van der Waals surface area (Å²) >= 11 is 0. The molecule has 2 heteroatoms. The van der Waals surface area contributed by atoms with E-state index in [1.54, 1.807) is 0 Å². The zero-order valence-corrected chi connectivity index (χ0v) is 13.1. The summed E-state index contributed by atoms with van der Waals surface area (Å²) in [7, 11) is 0. The third kappa shape index (κ3) is 2.66. The van der Waals surface area contributed by atoms with Crippen LogP contribution in [0.25, 0.3) is 5.57 Å². The van der Waals surface area contributed by atoms with Crippen molar-refractivity contribution in [1.82, 2.24) is 0 Å². The predicted octanol–water partition coefficient (Wildman–Crippen LogP) is 5.35. The monoisotopic (exact) mass is 278 g/mol. The van der Waals surface area contributed by atoms with Crippen molar-refractivity contribution in [1.29, 1.82) is 0 Å². The van der Waals surface area contributed by atoms with Crippen LogP contribution in [0.15, 0.2) is 48.5 Å². The molecular formula is C19H22N2. The first-order valence-electron chi connectivity index (χ1n) is 7.40. The van der Waals surface area contributed by atoms with Crippen LogP contribution in [0.5, 0.6) is 0 Å². The summed E-state index contributed by atoms with van der Waals surface area (Å²) in [5.41, 5.74) is 7.45. The summed E-state index contributed by atoms with van der Waals surface area (Å²) < 4.78 is 0. The van der Waals surface area contributed by atoms with Gasteiger partial charge >= 0.3 is 0 Å². The molecule has 0 bridgehead atoms. The first-order valence-corrected chi connectivity index (χ1v) is 7.40. The zero-order valence-electron chi connectivity index (χ0n) is 13.1. The van der Waals surface area contributed by atoms with Crippen LogP contribution in [-0.2, 0) is 0 Å². The minimum Gasteiger partial charge on any atom is -0.376 e. The second-order valence-corrected chi connectivity index (χ2v) is 6.33. The van der Waals surface area contributed by atoms with E-state index < -0.39 is 0 Å². The SMILES string of the molecule is CC1=CC(C)(C)Nc2ccc(Nc3ccccc3)c(C)c21. The van der Waals surface area contributed by atoms with Gasteiger partial charge in [0, 0.05) is 22.6 Å². The van der Waals surface area contributed by atoms with Crippen molar-refractivity contribution in [2.45, 2.75) is 33.2 Å². The molecule has 0 unspecified atom stereocenters. The van der Waals surface area contributed by atoms with E-state index in [2.05, 4.69) is 68.7 Å². The smallest absolute Gasteiger partial charge is 0.0505 e. The molecule has 108 valence electrons. The summed E-state index contributed by atoms with van der Waals surface area (Å²) in [6.07, 6.45) is 2.30. The lowest BCUT2D eigenvalue weighted by molar-refractivity contribution is 0.707. The molecule has 0 spiro atoms. The van der Waals surface area contributed by atoms with Gasteiger partial charge in [-0.1, -0.05) is 24.3 Å². The van der Waals surface area contributed by atoms with Crippen LogP contribution < -0.4 is 10.6 Å². The van der Waals surface area contributed by atoms with Gasteiger partial charge in [-0.05, 0) is 63.1 Å². The summed E-state index contributed by atoms with van der Waals surface area (Å²) in [5, 5.41) is 7.10. The van der Waals surface area contributed by atoms with Gasteiger partial charge in [0.05, 0.1) is 5.54 Å². The van der Waals surface area contributed by atoms with Crippen molar-refractivity contribution in [2.24, 2.45) is 0 Å². The lowest BCUT2D eigenvalue weighted by Crippen LogP contribution is -2.31. The number of fused-ring (bicyclic) bond motifs is 1. The van der Waals surface area contributed by atoms with Gasteiger partial charge in [-0.15, -0.1) is 0 Å². The molecule has 1 aliphatic rings. The molecule has 2 N–H and O–H groups in total. The highest BCUT2D eigenvalue weighted by Crippen LogP contribution is 2.38. The van der Waals surface area contributed by atoms with Gasteiger partial charge in [0.2, 0.25) is 0 Å². The Morgan fingerprint density at radius 3 is 2.38 bits per heavy atom. The van der Waals surface area contributed by atoms with Gasteiger partial charge in [0.25, 0.3) is 0 Å². The Bertz CT molecular complexity index is 697. The molecule has 0 radical (unpaired) electrons. The summed E-state index contributed by atoms with van der Waals surface area (Å²) in [6.45, 7) is 8.78. The van der Waals surface area contributed by atoms with Gasteiger partial charge in [0.15, 0.2) is 0 Å². The number of allylic oxidation sites excluding steroid dienone is 1. The molecule has 0 aromatic heterocycles. The number of nitrogens with one attached hydrogen (secondary N) is 2. The third-order valence-corrected chi connectivity index (χ3v) is 3.95. The normalized spacial score (nSPS) is 15.7. The fourth-order valence-electron chi connectivity index (χ4n) is 3.13. The highest BCUT2D eigenvalue weighted by atomic mass is 15.0. The Balaban J connectivity index is 2.02. The van der Waals surface area contributed by atoms with Crippen LogP contribution in [0.4, 0.5) is 17.1 Å².